The van der Waals surface area contributed by atoms with Crippen LogP contribution in [0.15, 0.2) is 48.1 Å². The third kappa shape index (κ3) is 4.24. The van der Waals surface area contributed by atoms with Gasteiger partial charge in [0, 0.05) is 18.7 Å². The molecule has 0 bridgehead atoms. The van der Waals surface area contributed by atoms with E-state index in [1.54, 1.807) is 18.4 Å². The maximum absolute atomic E-state index is 11.9. The van der Waals surface area contributed by atoms with Gasteiger partial charge in [-0.25, -0.2) is 0 Å². The van der Waals surface area contributed by atoms with Crippen molar-refractivity contribution in [3.05, 3.63) is 70.4 Å². The van der Waals surface area contributed by atoms with E-state index in [-0.39, 0.29) is 28.8 Å². The van der Waals surface area contributed by atoms with Gasteiger partial charge in [-0.3, -0.25) is 9.78 Å². The molecule has 5 nitrogen and oxygen atoms in total. The van der Waals surface area contributed by atoms with Gasteiger partial charge in [-0.15, -0.1) is 11.3 Å². The van der Waals surface area contributed by atoms with Crippen molar-refractivity contribution >= 4 is 17.3 Å². The van der Waals surface area contributed by atoms with Gasteiger partial charge in [-0.2, -0.15) is 0 Å². The normalized spacial score (nSPS) is 23.8. The molecule has 1 aromatic heterocycles. The Bertz CT molecular complexity index is 1260. The summed E-state index contributed by atoms with van der Waals surface area (Å²) in [5.74, 6) is -0.0150. The molecule has 0 radical (unpaired) electrons. The minimum absolute atomic E-state index is 0.0811. The highest BCUT2D eigenvalue weighted by atomic mass is 32.1. The zero-order valence-corrected chi connectivity index (χ0v) is 22.5. The monoisotopic (exact) mass is 505 g/mol. The average Bonchev–Trinajstić information content (AvgIpc) is 3.17. The zero-order chi connectivity index (χ0) is 25.7. The van der Waals surface area contributed by atoms with Crippen molar-refractivity contribution in [2.24, 2.45) is 17.3 Å². The molecule has 0 amide bonds. The SMILES string of the molecule is COC(c1cc(COc2ccc3c(c2)C2(CCC3)C(C)C2C(=O)O)ccc1-c1cncs1)C(C)(C)C. The van der Waals surface area contributed by atoms with Crippen LogP contribution in [0.2, 0.25) is 0 Å². The van der Waals surface area contributed by atoms with Crippen LogP contribution in [0.4, 0.5) is 0 Å². The predicted octanol–water partition coefficient (Wildman–Crippen LogP) is 7.05. The number of methoxy groups -OCH3 is 1. The van der Waals surface area contributed by atoms with Crippen LogP contribution < -0.4 is 4.74 Å². The minimum Gasteiger partial charge on any atom is -0.489 e. The predicted molar refractivity (Wildman–Crippen MR) is 142 cm³/mol. The van der Waals surface area contributed by atoms with Crippen LogP contribution >= 0.6 is 11.3 Å². The summed E-state index contributed by atoms with van der Waals surface area (Å²) in [5.41, 5.74) is 7.33. The van der Waals surface area contributed by atoms with Gasteiger partial charge in [0.2, 0.25) is 0 Å². The highest BCUT2D eigenvalue weighted by Crippen LogP contribution is 2.65. The lowest BCUT2D eigenvalue weighted by atomic mass is 9.77. The number of fused-ring (bicyclic) bond motifs is 2. The Morgan fingerprint density at radius 1 is 1.25 bits per heavy atom. The molecule has 5 rings (SSSR count). The summed E-state index contributed by atoms with van der Waals surface area (Å²) in [6.45, 7) is 9.07. The van der Waals surface area contributed by atoms with E-state index in [9.17, 15) is 9.90 Å². The van der Waals surface area contributed by atoms with Gasteiger partial charge in [-0.05, 0) is 76.6 Å². The lowest BCUT2D eigenvalue weighted by Gasteiger charge is -2.31. The number of carboxylic acids is 1. The van der Waals surface area contributed by atoms with Crippen LogP contribution in [0.25, 0.3) is 10.4 Å². The summed E-state index contributed by atoms with van der Waals surface area (Å²) in [4.78, 5) is 17.3. The number of hydrogen-bond donors (Lipinski definition) is 1. The van der Waals surface area contributed by atoms with Crippen LogP contribution in [0.3, 0.4) is 0 Å². The quantitative estimate of drug-likeness (QED) is 0.373. The third-order valence-corrected chi connectivity index (χ3v) is 8.97. The Morgan fingerprint density at radius 3 is 2.69 bits per heavy atom. The number of aliphatic carboxylic acids is 1. The summed E-state index contributed by atoms with van der Waals surface area (Å²) in [6.07, 6.45) is 4.81. The number of aryl methyl sites for hydroxylation is 1. The van der Waals surface area contributed by atoms with E-state index in [0.29, 0.717) is 6.61 Å². The molecule has 2 aliphatic carbocycles. The van der Waals surface area contributed by atoms with Crippen molar-refractivity contribution in [3.63, 3.8) is 0 Å². The Balaban J connectivity index is 1.43. The molecule has 4 atom stereocenters. The molecule has 1 heterocycles. The van der Waals surface area contributed by atoms with Gasteiger partial charge >= 0.3 is 5.97 Å². The lowest BCUT2D eigenvalue weighted by molar-refractivity contribution is -0.139. The maximum Gasteiger partial charge on any atom is 0.307 e. The number of carbonyl (C=O) groups is 1. The molecule has 1 fully saturated rings. The van der Waals surface area contributed by atoms with E-state index in [1.807, 2.05) is 17.8 Å². The van der Waals surface area contributed by atoms with E-state index < -0.39 is 5.97 Å². The van der Waals surface area contributed by atoms with Crippen LogP contribution in [0, 0.1) is 17.3 Å². The van der Waals surface area contributed by atoms with Crippen molar-refractivity contribution in [2.75, 3.05) is 7.11 Å². The first-order valence-corrected chi connectivity index (χ1v) is 13.6. The van der Waals surface area contributed by atoms with E-state index in [1.165, 1.54) is 11.1 Å². The number of rotatable bonds is 7. The summed E-state index contributed by atoms with van der Waals surface area (Å²) in [6, 6.07) is 12.7. The molecule has 0 aliphatic heterocycles. The van der Waals surface area contributed by atoms with Crippen molar-refractivity contribution in [1.29, 1.82) is 0 Å². The number of carboxylic acid groups (broad SMARTS) is 1. The largest absolute Gasteiger partial charge is 0.489 e. The van der Waals surface area contributed by atoms with Gasteiger partial charge < -0.3 is 14.6 Å². The van der Waals surface area contributed by atoms with Gasteiger partial charge in [0.1, 0.15) is 12.4 Å². The molecule has 3 aromatic rings. The fraction of sp³-hybridized carbons (Fsp3) is 0.467. The molecule has 2 aromatic carbocycles. The Hall–Kier alpha value is -2.70. The minimum atomic E-state index is -0.679. The zero-order valence-electron chi connectivity index (χ0n) is 21.7. The number of thiazole rings is 1. The summed E-state index contributed by atoms with van der Waals surface area (Å²) in [7, 11) is 1.77. The fourth-order valence-electron chi connectivity index (χ4n) is 6.47. The number of benzene rings is 2. The highest BCUT2D eigenvalue weighted by Gasteiger charge is 2.67. The highest BCUT2D eigenvalue weighted by molar-refractivity contribution is 7.13. The summed E-state index contributed by atoms with van der Waals surface area (Å²) in [5, 5.41) is 9.78. The summed E-state index contributed by atoms with van der Waals surface area (Å²) < 4.78 is 12.3. The molecule has 4 unspecified atom stereocenters. The molecular formula is C30H35NO4S. The van der Waals surface area contributed by atoms with Crippen molar-refractivity contribution in [3.8, 4) is 16.2 Å². The third-order valence-electron chi connectivity index (χ3n) is 8.17. The smallest absolute Gasteiger partial charge is 0.307 e. The number of hydrogen-bond acceptors (Lipinski definition) is 5. The number of ether oxygens (including phenoxy) is 2. The maximum atomic E-state index is 11.9. The average molecular weight is 506 g/mol. The Kier molecular flexibility index (Phi) is 6.46. The van der Waals surface area contributed by atoms with Crippen LogP contribution in [-0.2, 0) is 28.0 Å². The second-order valence-corrected chi connectivity index (χ2v) is 12.3. The van der Waals surface area contributed by atoms with Gasteiger partial charge in [0.05, 0.1) is 22.4 Å². The molecule has 190 valence electrons. The second kappa shape index (κ2) is 9.31. The van der Waals surface area contributed by atoms with Crippen molar-refractivity contribution in [1.82, 2.24) is 4.98 Å². The molecule has 1 N–H and O–H groups in total. The van der Waals surface area contributed by atoms with E-state index in [4.69, 9.17) is 9.47 Å². The van der Waals surface area contributed by atoms with Crippen LogP contribution in [-0.4, -0.2) is 23.2 Å². The first-order chi connectivity index (χ1) is 17.2. The van der Waals surface area contributed by atoms with Gasteiger partial charge in [-0.1, -0.05) is 45.9 Å². The topological polar surface area (TPSA) is 68.7 Å². The first-order valence-electron chi connectivity index (χ1n) is 12.7. The van der Waals surface area contributed by atoms with Gasteiger partial charge in [0.15, 0.2) is 0 Å². The molecule has 6 heteroatoms. The van der Waals surface area contributed by atoms with Crippen LogP contribution in [0.5, 0.6) is 5.75 Å². The standard InChI is InChI=1S/C30H35NO4S/c1-18-26(28(32)33)30(18)12-6-7-20-9-10-21(14-24(20)30)35-16-19-8-11-22(25-15-31-17-36-25)23(13-19)27(34-5)29(2,3)4/h8-11,13-15,17-18,26-27H,6-7,12,16H2,1-5H3,(H,32,33). The van der Waals surface area contributed by atoms with Crippen molar-refractivity contribution < 1.29 is 19.4 Å². The van der Waals surface area contributed by atoms with Gasteiger partial charge in [0.25, 0.3) is 0 Å². The molecule has 36 heavy (non-hydrogen) atoms. The number of aromatic nitrogens is 1. The molecule has 1 spiro atoms. The molecular weight excluding hydrogens is 470 g/mol. The molecule has 0 saturated heterocycles. The van der Waals surface area contributed by atoms with E-state index in [2.05, 4.69) is 63.0 Å². The Morgan fingerprint density at radius 2 is 2.06 bits per heavy atom. The Labute approximate surface area is 217 Å². The van der Waals surface area contributed by atoms with E-state index in [0.717, 1.165) is 46.6 Å². The molecule has 1 saturated carbocycles. The van der Waals surface area contributed by atoms with E-state index >= 15 is 0 Å². The van der Waals surface area contributed by atoms with Crippen LogP contribution in [0.1, 0.15) is 68.9 Å². The number of nitrogens with zero attached hydrogens (tertiary/aromatic N) is 1. The second-order valence-electron chi connectivity index (χ2n) is 11.4. The first kappa shape index (κ1) is 25.0. The summed E-state index contributed by atoms with van der Waals surface area (Å²) >= 11 is 1.63. The molecule has 2 aliphatic rings. The lowest BCUT2D eigenvalue weighted by Crippen LogP contribution is -2.22. The van der Waals surface area contributed by atoms with Crippen molar-refractivity contribution in [2.45, 2.75) is 65.1 Å². The fourth-order valence-corrected chi connectivity index (χ4v) is 7.14.